The molecule has 0 aliphatic carbocycles. The van der Waals surface area contributed by atoms with Crippen LogP contribution in [0.15, 0.2) is 59.3 Å². The molecule has 1 aliphatic rings. The van der Waals surface area contributed by atoms with Crippen LogP contribution in [0.4, 0.5) is 0 Å². The van der Waals surface area contributed by atoms with Gasteiger partial charge in [-0.05, 0) is 48.7 Å². The lowest BCUT2D eigenvalue weighted by Gasteiger charge is -2.28. The van der Waals surface area contributed by atoms with E-state index in [2.05, 4.69) is 33.4 Å². The Morgan fingerprint density at radius 3 is 2.53 bits per heavy atom. The molecule has 30 heavy (non-hydrogen) atoms. The Balaban J connectivity index is 1.38. The van der Waals surface area contributed by atoms with Crippen molar-refractivity contribution in [2.75, 3.05) is 6.54 Å². The number of rotatable bonds is 3. The third-order valence-electron chi connectivity index (χ3n) is 5.46. The lowest BCUT2D eigenvalue weighted by atomic mass is 9.99. The maximum Gasteiger partial charge on any atom is 0.257 e. The van der Waals surface area contributed by atoms with Crippen LogP contribution in [0.25, 0.3) is 17.1 Å². The summed E-state index contributed by atoms with van der Waals surface area (Å²) in [6.45, 7) is 4.99. The molecule has 0 saturated heterocycles. The van der Waals surface area contributed by atoms with Crippen LogP contribution in [0.1, 0.15) is 33.1 Å². The smallest absolute Gasteiger partial charge is 0.257 e. The van der Waals surface area contributed by atoms with Gasteiger partial charge in [0, 0.05) is 31.8 Å². The molecule has 0 unspecified atom stereocenters. The molecule has 1 aliphatic heterocycles. The summed E-state index contributed by atoms with van der Waals surface area (Å²) in [5.74, 6) is 1.10. The molecule has 3 heterocycles. The van der Waals surface area contributed by atoms with Gasteiger partial charge in [0.2, 0.25) is 11.7 Å². The molecule has 7 nitrogen and oxygen atoms in total. The summed E-state index contributed by atoms with van der Waals surface area (Å²) >= 11 is 0. The van der Waals surface area contributed by atoms with Gasteiger partial charge in [-0.15, -0.1) is 0 Å². The van der Waals surface area contributed by atoms with Crippen molar-refractivity contribution >= 4 is 5.91 Å². The molecule has 0 N–H and O–H groups in total. The van der Waals surface area contributed by atoms with E-state index < -0.39 is 0 Å². The molecule has 0 saturated carbocycles. The summed E-state index contributed by atoms with van der Waals surface area (Å²) in [4.78, 5) is 19.3. The number of fused-ring (bicyclic) bond motifs is 1. The summed E-state index contributed by atoms with van der Waals surface area (Å²) in [6.07, 6.45) is 2.69. The van der Waals surface area contributed by atoms with E-state index in [-0.39, 0.29) is 5.91 Å². The molecule has 2 aromatic carbocycles. The normalized spacial score (nSPS) is 13.3. The number of amides is 1. The van der Waals surface area contributed by atoms with Gasteiger partial charge < -0.3 is 9.42 Å². The third kappa shape index (κ3) is 3.28. The maximum atomic E-state index is 13.2. The van der Waals surface area contributed by atoms with Gasteiger partial charge in [0.1, 0.15) is 0 Å². The molecule has 2 aromatic heterocycles. The molecule has 0 fully saturated rings. The fraction of sp³-hybridized carbons (Fsp3) is 0.217. The Morgan fingerprint density at radius 2 is 1.80 bits per heavy atom. The first-order chi connectivity index (χ1) is 14.6. The average Bonchev–Trinajstić information content (AvgIpc) is 3.38. The van der Waals surface area contributed by atoms with Crippen molar-refractivity contribution in [3.8, 4) is 17.1 Å². The fourth-order valence-electron chi connectivity index (χ4n) is 3.82. The highest BCUT2D eigenvalue weighted by atomic mass is 16.5. The van der Waals surface area contributed by atoms with Crippen LogP contribution in [0.5, 0.6) is 0 Å². The Kier molecular flexibility index (Phi) is 4.43. The molecule has 0 bridgehead atoms. The van der Waals surface area contributed by atoms with E-state index in [0.29, 0.717) is 23.8 Å². The lowest BCUT2D eigenvalue weighted by molar-refractivity contribution is 0.0734. The number of aromatic nitrogens is 4. The zero-order valence-corrected chi connectivity index (χ0v) is 16.9. The number of carbonyl (C=O) groups excluding carboxylic acids is 1. The Labute approximate surface area is 174 Å². The lowest BCUT2D eigenvalue weighted by Crippen LogP contribution is -2.36. The van der Waals surface area contributed by atoms with Crippen LogP contribution in [-0.4, -0.2) is 37.3 Å². The van der Waals surface area contributed by atoms with Gasteiger partial charge in [-0.1, -0.05) is 29.4 Å². The van der Waals surface area contributed by atoms with E-state index in [1.165, 1.54) is 11.1 Å². The van der Waals surface area contributed by atoms with E-state index in [1.807, 2.05) is 48.4 Å². The zero-order chi connectivity index (χ0) is 20.7. The van der Waals surface area contributed by atoms with Crippen molar-refractivity contribution in [2.45, 2.75) is 26.8 Å². The first kappa shape index (κ1) is 18.3. The van der Waals surface area contributed by atoms with E-state index >= 15 is 0 Å². The first-order valence-electron chi connectivity index (χ1n) is 9.92. The summed E-state index contributed by atoms with van der Waals surface area (Å²) in [5.41, 5.74) is 5.62. The molecule has 0 spiro atoms. The van der Waals surface area contributed by atoms with Crippen LogP contribution in [0.3, 0.4) is 0 Å². The molecule has 1 amide bonds. The van der Waals surface area contributed by atoms with Crippen LogP contribution in [0.2, 0.25) is 0 Å². The summed E-state index contributed by atoms with van der Waals surface area (Å²) in [6, 6.07) is 16.0. The molecular formula is C23H21N5O2. The van der Waals surface area contributed by atoms with Gasteiger partial charge in [-0.25, -0.2) is 4.68 Å². The predicted octanol–water partition coefficient (Wildman–Crippen LogP) is 3.74. The Hall–Kier alpha value is -3.74. The van der Waals surface area contributed by atoms with Crippen molar-refractivity contribution in [1.29, 1.82) is 0 Å². The van der Waals surface area contributed by atoms with Gasteiger partial charge in [0.25, 0.3) is 5.91 Å². The highest BCUT2D eigenvalue weighted by Gasteiger charge is 2.24. The number of hydrogen-bond donors (Lipinski definition) is 0. The van der Waals surface area contributed by atoms with Gasteiger partial charge >= 0.3 is 0 Å². The summed E-state index contributed by atoms with van der Waals surface area (Å²) in [7, 11) is 0. The SMILES string of the molecule is Cc1nc(-c2ccc(-n3cc(C(=O)N4CCc5ccccc5C4)c(C)n3)cc2)no1. The predicted molar refractivity (Wildman–Crippen MR) is 111 cm³/mol. The van der Waals surface area contributed by atoms with Crippen molar-refractivity contribution in [2.24, 2.45) is 0 Å². The summed E-state index contributed by atoms with van der Waals surface area (Å²) < 4.78 is 6.78. The molecule has 150 valence electrons. The topological polar surface area (TPSA) is 77.1 Å². The maximum absolute atomic E-state index is 13.2. The second-order valence-corrected chi connectivity index (χ2v) is 7.50. The van der Waals surface area contributed by atoms with E-state index in [0.717, 1.165) is 29.9 Å². The second kappa shape index (κ2) is 7.26. The van der Waals surface area contributed by atoms with Gasteiger partial charge in [0.15, 0.2) is 0 Å². The third-order valence-corrected chi connectivity index (χ3v) is 5.46. The van der Waals surface area contributed by atoms with E-state index in [1.54, 1.807) is 11.6 Å². The number of nitrogens with zero attached hydrogens (tertiary/aromatic N) is 5. The minimum atomic E-state index is 0.0205. The first-order valence-corrected chi connectivity index (χ1v) is 9.92. The fourth-order valence-corrected chi connectivity index (χ4v) is 3.82. The number of aryl methyl sites for hydroxylation is 2. The van der Waals surface area contributed by atoms with Crippen molar-refractivity contribution < 1.29 is 9.32 Å². The number of carbonyl (C=O) groups is 1. The monoisotopic (exact) mass is 399 g/mol. The van der Waals surface area contributed by atoms with Crippen molar-refractivity contribution in [3.05, 3.63) is 83.0 Å². The second-order valence-electron chi connectivity index (χ2n) is 7.50. The molecule has 5 rings (SSSR count). The molecule has 4 aromatic rings. The highest BCUT2D eigenvalue weighted by molar-refractivity contribution is 5.95. The van der Waals surface area contributed by atoms with E-state index in [4.69, 9.17) is 4.52 Å². The largest absolute Gasteiger partial charge is 0.339 e. The van der Waals surface area contributed by atoms with Gasteiger partial charge in [0.05, 0.1) is 16.9 Å². The average molecular weight is 399 g/mol. The van der Waals surface area contributed by atoms with Crippen molar-refractivity contribution in [1.82, 2.24) is 24.8 Å². The minimum Gasteiger partial charge on any atom is -0.339 e. The standard InChI is InChI=1S/C23H21N5O2/c1-15-21(23(29)27-12-11-17-5-3-4-6-19(17)13-27)14-28(25-15)20-9-7-18(8-10-20)22-24-16(2)30-26-22/h3-10,14H,11-13H2,1-2H3. The number of hydrogen-bond acceptors (Lipinski definition) is 5. The quantitative estimate of drug-likeness (QED) is 0.525. The van der Waals surface area contributed by atoms with Crippen molar-refractivity contribution in [3.63, 3.8) is 0 Å². The van der Waals surface area contributed by atoms with Gasteiger partial charge in [-0.3, -0.25) is 4.79 Å². The molecule has 0 atom stereocenters. The number of benzene rings is 2. The molecular weight excluding hydrogens is 378 g/mol. The van der Waals surface area contributed by atoms with Crippen LogP contribution in [-0.2, 0) is 13.0 Å². The van der Waals surface area contributed by atoms with E-state index in [9.17, 15) is 4.79 Å². The van der Waals surface area contributed by atoms with Gasteiger partial charge in [-0.2, -0.15) is 10.1 Å². The minimum absolute atomic E-state index is 0.0205. The highest BCUT2D eigenvalue weighted by Crippen LogP contribution is 2.23. The summed E-state index contributed by atoms with van der Waals surface area (Å²) in [5, 5.41) is 8.51. The molecule has 0 radical (unpaired) electrons. The molecule has 7 heteroatoms. The Morgan fingerprint density at radius 1 is 1.03 bits per heavy atom. The van der Waals surface area contributed by atoms with Crippen LogP contribution >= 0.6 is 0 Å². The Bertz CT molecular complexity index is 1220. The van der Waals surface area contributed by atoms with Crippen LogP contribution < -0.4 is 0 Å². The zero-order valence-electron chi connectivity index (χ0n) is 16.9. The van der Waals surface area contributed by atoms with Crippen LogP contribution in [0, 0.1) is 13.8 Å².